The molecular weight excluding hydrogens is 483 g/mol. The molecule has 1 N–H and O–H groups in total. The van der Waals surface area contributed by atoms with Crippen LogP contribution in [0.25, 0.3) is 0 Å². The molecule has 0 saturated carbocycles. The van der Waals surface area contributed by atoms with E-state index in [1.54, 1.807) is 24.3 Å². The number of fused-ring (bicyclic) bond motifs is 2. The van der Waals surface area contributed by atoms with E-state index < -0.39 is 23.7 Å². The van der Waals surface area contributed by atoms with Crippen LogP contribution < -0.4 is 14.8 Å². The number of nitrogens with one attached hydrogen (secondary N) is 1. The maximum atomic E-state index is 13.3. The zero-order valence-corrected chi connectivity index (χ0v) is 17.0. The smallest absolute Gasteiger partial charge is 0.396 e. The maximum Gasteiger partial charge on any atom is 0.425 e. The summed E-state index contributed by atoms with van der Waals surface area (Å²) in [6.45, 7) is 0. The van der Waals surface area contributed by atoms with Crippen LogP contribution in [0, 0.1) is 0 Å². The van der Waals surface area contributed by atoms with Gasteiger partial charge in [0.15, 0.2) is 0 Å². The van der Waals surface area contributed by atoms with Gasteiger partial charge in [0, 0.05) is 10.2 Å². The fourth-order valence-corrected chi connectivity index (χ4v) is 3.09. The third-order valence-electron chi connectivity index (χ3n) is 4.28. The highest BCUT2D eigenvalue weighted by Crippen LogP contribution is 2.35. The predicted molar refractivity (Wildman–Crippen MR) is 105 cm³/mol. The average Bonchev–Trinajstić information content (AvgIpc) is 2.82. The van der Waals surface area contributed by atoms with Crippen molar-refractivity contribution in [2.45, 2.75) is 12.6 Å². The molecule has 7 nitrogen and oxygen atoms in total. The molecule has 0 amide bonds. The normalized spacial score (nSPS) is 13.3. The zero-order valence-electron chi connectivity index (χ0n) is 15.4. The Bertz CT molecular complexity index is 1180. The summed E-state index contributed by atoms with van der Waals surface area (Å²) in [5.74, 6) is -2.85. The number of alkyl halides is 3. The van der Waals surface area contributed by atoms with E-state index in [-0.39, 0.29) is 24.0 Å². The monoisotopic (exact) mass is 493 g/mol. The van der Waals surface area contributed by atoms with Gasteiger partial charge in [-0.2, -0.15) is 18.2 Å². The first-order valence-corrected chi connectivity index (χ1v) is 9.51. The highest BCUT2D eigenvalue weighted by Gasteiger charge is 2.31. The van der Waals surface area contributed by atoms with Crippen LogP contribution in [0.15, 0.2) is 53.1 Å². The molecule has 1 aliphatic heterocycles. The minimum absolute atomic E-state index is 0.0761. The van der Waals surface area contributed by atoms with Gasteiger partial charge in [-0.3, -0.25) is 0 Å². The van der Waals surface area contributed by atoms with Gasteiger partial charge >= 0.3 is 24.1 Å². The molecule has 158 valence electrons. The Morgan fingerprint density at radius 3 is 2.39 bits per heavy atom. The van der Waals surface area contributed by atoms with Crippen molar-refractivity contribution in [3.8, 4) is 11.9 Å². The van der Waals surface area contributed by atoms with Gasteiger partial charge in [0.05, 0.1) is 11.8 Å². The molecule has 31 heavy (non-hydrogen) atoms. The first kappa shape index (κ1) is 20.8. The second-order valence-electron chi connectivity index (χ2n) is 6.45. The average molecular weight is 494 g/mol. The second kappa shape index (κ2) is 7.99. The van der Waals surface area contributed by atoms with Gasteiger partial charge in [-0.15, -0.1) is 0 Å². The van der Waals surface area contributed by atoms with Gasteiger partial charge < -0.3 is 14.8 Å². The fourth-order valence-electron chi connectivity index (χ4n) is 2.82. The molecule has 2 aromatic carbocycles. The Kier molecular flexibility index (Phi) is 5.36. The van der Waals surface area contributed by atoms with Crippen LogP contribution in [-0.2, 0) is 22.2 Å². The molecule has 0 unspecified atom stereocenters. The molecular formula is C20H11BrF3N3O4. The third kappa shape index (κ3) is 4.66. The quantitative estimate of drug-likeness (QED) is 0.425. The molecule has 11 heteroatoms. The Hall–Kier alpha value is -3.47. The molecule has 0 fully saturated rings. The van der Waals surface area contributed by atoms with Gasteiger partial charge in [0.2, 0.25) is 0 Å². The predicted octanol–water partition coefficient (Wildman–Crippen LogP) is 4.42. The molecule has 1 aromatic heterocycles. The number of carbonyl (C=O) groups excluding carboxylic acids is 2. The van der Waals surface area contributed by atoms with Gasteiger partial charge in [0.1, 0.15) is 5.69 Å². The lowest BCUT2D eigenvalue weighted by atomic mass is 10.0. The van der Waals surface area contributed by atoms with E-state index in [1.165, 1.54) is 12.3 Å². The largest absolute Gasteiger partial charge is 0.425 e. The number of halogens is 4. The number of rotatable bonds is 4. The van der Waals surface area contributed by atoms with Crippen molar-refractivity contribution in [2.24, 2.45) is 0 Å². The van der Waals surface area contributed by atoms with Crippen molar-refractivity contribution in [3.63, 3.8) is 0 Å². The van der Waals surface area contributed by atoms with Crippen LogP contribution in [0.4, 0.5) is 24.5 Å². The Morgan fingerprint density at radius 1 is 0.968 bits per heavy atom. The molecule has 0 spiro atoms. The topological polar surface area (TPSA) is 90.4 Å². The number of esters is 2. The van der Waals surface area contributed by atoms with Crippen LogP contribution in [0.3, 0.4) is 0 Å². The highest BCUT2D eigenvalue weighted by atomic mass is 79.9. The number of aromatic nitrogens is 2. The number of nitrogens with zero attached hydrogens (tertiary/aromatic N) is 2. The van der Waals surface area contributed by atoms with Gasteiger partial charge in [-0.25, -0.2) is 14.6 Å². The summed E-state index contributed by atoms with van der Waals surface area (Å²) in [6, 6.07) is 9.99. The number of hydrogen-bond donors (Lipinski definition) is 1. The van der Waals surface area contributed by atoms with Crippen LogP contribution >= 0.6 is 15.9 Å². The van der Waals surface area contributed by atoms with E-state index in [0.29, 0.717) is 11.3 Å². The van der Waals surface area contributed by atoms with E-state index in [2.05, 4.69) is 36.0 Å². The molecule has 0 saturated heterocycles. The van der Waals surface area contributed by atoms with E-state index >= 15 is 0 Å². The standard InChI is InChI=1S/C20H11BrF3N3O4/c21-13-4-1-10(2-5-13)7-11-8-12(20(22,23)24)3-6-14(11)26-15-9-25-19-27-16(15)30-17(28)18(29)31-19/h1-6,8-9,26H,7H2. The summed E-state index contributed by atoms with van der Waals surface area (Å²) in [7, 11) is 0. The maximum absolute atomic E-state index is 13.3. The van der Waals surface area contributed by atoms with Crippen LogP contribution in [-0.4, -0.2) is 21.9 Å². The zero-order chi connectivity index (χ0) is 22.2. The summed E-state index contributed by atoms with van der Waals surface area (Å²) in [5, 5.41) is 2.88. The highest BCUT2D eigenvalue weighted by molar-refractivity contribution is 9.10. The molecule has 4 rings (SSSR count). The molecule has 2 bridgehead atoms. The van der Waals surface area contributed by atoms with E-state index in [4.69, 9.17) is 4.74 Å². The first-order valence-electron chi connectivity index (χ1n) is 8.71. The van der Waals surface area contributed by atoms with E-state index in [0.717, 1.165) is 22.2 Å². The lowest BCUT2D eigenvalue weighted by Gasteiger charge is -2.16. The summed E-state index contributed by atoms with van der Waals surface area (Å²) >= 11 is 3.32. The molecule has 0 atom stereocenters. The van der Waals surface area contributed by atoms with Gasteiger partial charge in [0.25, 0.3) is 5.88 Å². The number of hydrogen-bond acceptors (Lipinski definition) is 7. The van der Waals surface area contributed by atoms with Gasteiger partial charge in [-0.1, -0.05) is 28.1 Å². The van der Waals surface area contributed by atoms with Crippen LogP contribution in [0.5, 0.6) is 11.9 Å². The number of benzene rings is 2. The van der Waals surface area contributed by atoms with Crippen molar-refractivity contribution in [1.29, 1.82) is 0 Å². The molecule has 0 aliphatic carbocycles. The van der Waals surface area contributed by atoms with E-state index in [1.807, 2.05) is 0 Å². The summed E-state index contributed by atoms with van der Waals surface area (Å²) < 4.78 is 50.1. The van der Waals surface area contributed by atoms with Crippen molar-refractivity contribution in [1.82, 2.24) is 9.97 Å². The number of ether oxygens (including phenoxy) is 2. The molecule has 0 radical (unpaired) electrons. The van der Waals surface area contributed by atoms with Crippen molar-refractivity contribution >= 4 is 39.2 Å². The molecule has 1 aliphatic rings. The van der Waals surface area contributed by atoms with Crippen LogP contribution in [0.1, 0.15) is 16.7 Å². The molecule has 3 aromatic rings. The first-order chi connectivity index (χ1) is 14.7. The lowest BCUT2D eigenvalue weighted by molar-refractivity contribution is -0.155. The summed E-state index contributed by atoms with van der Waals surface area (Å²) in [5.41, 5.74) is 0.699. The number of carbonyl (C=O) groups is 2. The summed E-state index contributed by atoms with van der Waals surface area (Å²) in [6.07, 6.45) is -3.13. The van der Waals surface area contributed by atoms with Crippen molar-refractivity contribution < 1.29 is 32.2 Å². The van der Waals surface area contributed by atoms with Crippen LogP contribution in [0.2, 0.25) is 0 Å². The van der Waals surface area contributed by atoms with Crippen molar-refractivity contribution in [3.05, 3.63) is 69.8 Å². The molecule has 2 heterocycles. The summed E-state index contributed by atoms with van der Waals surface area (Å²) in [4.78, 5) is 30.7. The van der Waals surface area contributed by atoms with Gasteiger partial charge in [-0.05, 0) is 47.9 Å². The lowest BCUT2D eigenvalue weighted by Crippen LogP contribution is -2.23. The third-order valence-corrected chi connectivity index (χ3v) is 4.81. The second-order valence-corrected chi connectivity index (χ2v) is 7.36. The Morgan fingerprint density at radius 2 is 1.68 bits per heavy atom. The SMILES string of the molecule is O=C1Oc2ncc(Nc3ccc(C(F)(F)F)cc3Cc3ccc(Br)cc3)c(n2)OC1=O. The Labute approximate surface area is 181 Å². The van der Waals surface area contributed by atoms with E-state index in [9.17, 15) is 22.8 Å². The number of anilines is 2. The minimum Gasteiger partial charge on any atom is -0.396 e. The van der Waals surface area contributed by atoms with Crippen molar-refractivity contribution in [2.75, 3.05) is 5.32 Å². The minimum atomic E-state index is -4.52. The Balaban J connectivity index is 1.71. The fraction of sp³-hybridized carbons (Fsp3) is 0.100.